The van der Waals surface area contributed by atoms with Crippen molar-refractivity contribution >= 4 is 17.2 Å². The largest absolute Gasteiger partial charge is 0.365 e. The van der Waals surface area contributed by atoms with Crippen LogP contribution < -0.4 is 5.73 Å². The van der Waals surface area contributed by atoms with Gasteiger partial charge >= 0.3 is 0 Å². The summed E-state index contributed by atoms with van der Waals surface area (Å²) in [4.78, 5) is 13.2. The molecule has 0 aliphatic heterocycles. The van der Waals surface area contributed by atoms with E-state index in [1.165, 1.54) is 28.2 Å². The molecule has 4 nitrogen and oxygen atoms in total. The lowest BCUT2D eigenvalue weighted by molar-refractivity contribution is 0.100. The van der Waals surface area contributed by atoms with E-state index in [-0.39, 0.29) is 5.91 Å². The highest BCUT2D eigenvalue weighted by Gasteiger charge is 2.27. The molecule has 0 spiro atoms. The maximum Gasteiger partial charge on any atom is 0.258 e. The quantitative estimate of drug-likeness (QED) is 0.790. The van der Waals surface area contributed by atoms with Crippen LogP contribution in [0.2, 0.25) is 0 Å². The van der Waals surface area contributed by atoms with E-state index in [1.807, 2.05) is 35.9 Å². The van der Waals surface area contributed by atoms with Gasteiger partial charge in [0.2, 0.25) is 0 Å². The van der Waals surface area contributed by atoms with Gasteiger partial charge in [-0.2, -0.15) is 5.10 Å². The van der Waals surface area contributed by atoms with Crippen LogP contribution in [0.3, 0.4) is 0 Å². The predicted octanol–water partition coefficient (Wildman–Crippen LogP) is 3.11. The highest BCUT2D eigenvalue weighted by molar-refractivity contribution is 7.17. The number of carbonyl (C=O) groups excluding carboxylic acids is 1. The van der Waals surface area contributed by atoms with Gasteiger partial charge in [-0.25, -0.2) is 4.68 Å². The number of fused-ring (bicyclic) bond motifs is 3. The predicted molar refractivity (Wildman–Crippen MR) is 87.5 cm³/mol. The first-order chi connectivity index (χ1) is 10.6. The first kappa shape index (κ1) is 13.3. The van der Waals surface area contributed by atoms with E-state index in [1.54, 1.807) is 0 Å². The highest BCUT2D eigenvalue weighted by Crippen LogP contribution is 2.41. The number of primary amides is 1. The summed E-state index contributed by atoms with van der Waals surface area (Å²) in [5.41, 5.74) is 11.1. The Morgan fingerprint density at radius 3 is 2.77 bits per heavy atom. The molecule has 4 rings (SSSR count). The van der Waals surface area contributed by atoms with Crippen LogP contribution >= 0.6 is 11.3 Å². The second-order valence-electron chi connectivity index (χ2n) is 5.48. The number of carbonyl (C=O) groups is 1. The number of thiophene rings is 1. The summed E-state index contributed by atoms with van der Waals surface area (Å²) in [6, 6.07) is 12.1. The Morgan fingerprint density at radius 1 is 1.27 bits per heavy atom. The molecule has 0 saturated heterocycles. The first-order valence-corrected chi connectivity index (χ1v) is 8.03. The van der Waals surface area contributed by atoms with Crippen LogP contribution in [0.1, 0.15) is 26.6 Å². The molecular formula is C17H15N3OS. The number of amides is 1. The minimum Gasteiger partial charge on any atom is -0.365 e. The number of rotatable bonds is 2. The van der Waals surface area contributed by atoms with Crippen LogP contribution in [0.4, 0.5) is 0 Å². The second-order valence-corrected chi connectivity index (χ2v) is 6.54. The summed E-state index contributed by atoms with van der Waals surface area (Å²) < 4.78 is 2.03. The third-order valence-electron chi connectivity index (χ3n) is 4.07. The van der Waals surface area contributed by atoms with E-state index < -0.39 is 0 Å². The smallest absolute Gasteiger partial charge is 0.258 e. The molecule has 0 fully saturated rings. The topological polar surface area (TPSA) is 60.9 Å². The van der Waals surface area contributed by atoms with Gasteiger partial charge in [0.05, 0.1) is 22.0 Å². The summed E-state index contributed by atoms with van der Waals surface area (Å²) in [5, 5.41) is 4.72. The zero-order valence-corrected chi connectivity index (χ0v) is 13.0. The molecule has 0 atom stereocenters. The SMILES string of the molecule is Cc1nn(-c2ccccc2)c2c1-c1sc(C(N)=O)cc1CC2. The monoisotopic (exact) mass is 309 g/mol. The molecule has 1 amide bonds. The molecule has 0 radical (unpaired) electrons. The third-order valence-corrected chi connectivity index (χ3v) is 5.28. The van der Waals surface area contributed by atoms with Crippen molar-refractivity contribution in [1.82, 2.24) is 9.78 Å². The number of nitrogens with zero attached hydrogens (tertiary/aromatic N) is 2. The summed E-state index contributed by atoms with van der Waals surface area (Å²) in [7, 11) is 0. The van der Waals surface area contributed by atoms with Crippen molar-refractivity contribution in [3.63, 3.8) is 0 Å². The molecule has 0 saturated carbocycles. The molecule has 2 heterocycles. The number of hydrogen-bond acceptors (Lipinski definition) is 3. The average Bonchev–Trinajstić information content (AvgIpc) is 3.09. The maximum atomic E-state index is 11.5. The Hall–Kier alpha value is -2.40. The van der Waals surface area contributed by atoms with Crippen LogP contribution in [0.5, 0.6) is 0 Å². The summed E-state index contributed by atoms with van der Waals surface area (Å²) >= 11 is 1.48. The molecular weight excluding hydrogens is 294 g/mol. The van der Waals surface area contributed by atoms with Crippen LogP contribution in [-0.4, -0.2) is 15.7 Å². The summed E-state index contributed by atoms with van der Waals surface area (Å²) in [5.74, 6) is -0.353. The van der Waals surface area contributed by atoms with Gasteiger partial charge in [-0.15, -0.1) is 11.3 Å². The zero-order chi connectivity index (χ0) is 15.3. The van der Waals surface area contributed by atoms with E-state index in [2.05, 4.69) is 12.1 Å². The highest BCUT2D eigenvalue weighted by atomic mass is 32.1. The van der Waals surface area contributed by atoms with Crippen molar-refractivity contribution in [2.45, 2.75) is 19.8 Å². The van der Waals surface area contributed by atoms with E-state index in [9.17, 15) is 4.79 Å². The first-order valence-electron chi connectivity index (χ1n) is 7.22. The molecule has 1 aliphatic carbocycles. The molecule has 1 aliphatic rings. The second kappa shape index (κ2) is 4.81. The molecule has 0 unspecified atom stereocenters. The van der Waals surface area contributed by atoms with E-state index in [0.717, 1.165) is 29.1 Å². The van der Waals surface area contributed by atoms with Gasteiger partial charge in [-0.3, -0.25) is 4.79 Å². The molecule has 2 aromatic heterocycles. The fourth-order valence-electron chi connectivity index (χ4n) is 3.08. The van der Waals surface area contributed by atoms with Crippen LogP contribution in [0.25, 0.3) is 16.1 Å². The molecule has 110 valence electrons. The fraction of sp³-hybridized carbons (Fsp3) is 0.176. The van der Waals surface area contributed by atoms with E-state index >= 15 is 0 Å². The van der Waals surface area contributed by atoms with Gasteiger partial charge in [0.15, 0.2) is 0 Å². The summed E-state index contributed by atoms with van der Waals surface area (Å²) in [6.45, 7) is 2.02. The van der Waals surface area contributed by atoms with Gasteiger partial charge < -0.3 is 5.73 Å². The van der Waals surface area contributed by atoms with Crippen LogP contribution in [0.15, 0.2) is 36.4 Å². The number of benzene rings is 1. The molecule has 2 N–H and O–H groups in total. The number of para-hydroxylation sites is 1. The average molecular weight is 309 g/mol. The minimum atomic E-state index is -0.353. The van der Waals surface area contributed by atoms with Crippen molar-refractivity contribution in [1.29, 1.82) is 0 Å². The van der Waals surface area contributed by atoms with Gasteiger partial charge in [0.25, 0.3) is 5.91 Å². The van der Waals surface area contributed by atoms with Crippen molar-refractivity contribution in [2.24, 2.45) is 5.73 Å². The molecule has 5 heteroatoms. The van der Waals surface area contributed by atoms with Gasteiger partial charge in [0, 0.05) is 10.4 Å². The van der Waals surface area contributed by atoms with Crippen LogP contribution in [0, 0.1) is 6.92 Å². The maximum absolute atomic E-state index is 11.5. The standard InChI is InChI=1S/C17H15N3OS/c1-10-15-13(20(19-10)12-5-3-2-4-6-12)8-7-11-9-14(17(18)21)22-16(11)15/h2-6,9H,7-8H2,1H3,(H2,18,21). The van der Waals surface area contributed by atoms with Crippen molar-refractivity contribution in [3.8, 4) is 16.1 Å². The fourth-order valence-corrected chi connectivity index (χ4v) is 4.27. The third kappa shape index (κ3) is 1.89. The number of aryl methyl sites for hydroxylation is 2. The lowest BCUT2D eigenvalue weighted by Gasteiger charge is -2.14. The lowest BCUT2D eigenvalue weighted by atomic mass is 9.95. The molecule has 0 bridgehead atoms. The molecule has 22 heavy (non-hydrogen) atoms. The zero-order valence-electron chi connectivity index (χ0n) is 12.2. The normalized spacial score (nSPS) is 12.8. The molecule has 1 aromatic carbocycles. The number of aromatic nitrogens is 2. The van der Waals surface area contributed by atoms with Gasteiger partial charge in [-0.05, 0) is 43.5 Å². The van der Waals surface area contributed by atoms with Crippen molar-refractivity contribution in [2.75, 3.05) is 0 Å². The van der Waals surface area contributed by atoms with Gasteiger partial charge in [-0.1, -0.05) is 18.2 Å². The van der Waals surface area contributed by atoms with E-state index in [4.69, 9.17) is 10.8 Å². The Balaban J connectivity index is 1.92. The van der Waals surface area contributed by atoms with Crippen molar-refractivity contribution in [3.05, 3.63) is 58.2 Å². The summed E-state index contributed by atoms with van der Waals surface area (Å²) in [6.07, 6.45) is 1.84. The lowest BCUT2D eigenvalue weighted by Crippen LogP contribution is -2.08. The van der Waals surface area contributed by atoms with Gasteiger partial charge in [0.1, 0.15) is 0 Å². The van der Waals surface area contributed by atoms with E-state index in [0.29, 0.717) is 4.88 Å². The Morgan fingerprint density at radius 2 is 2.05 bits per heavy atom. The van der Waals surface area contributed by atoms with Crippen molar-refractivity contribution < 1.29 is 4.79 Å². The minimum absolute atomic E-state index is 0.353. The Kier molecular flexibility index (Phi) is 2.90. The van der Waals surface area contributed by atoms with Crippen LogP contribution in [-0.2, 0) is 12.8 Å². The Labute approximate surface area is 132 Å². The molecule has 3 aromatic rings. The number of hydrogen-bond donors (Lipinski definition) is 1. The number of nitrogens with two attached hydrogens (primary N) is 1. The Bertz CT molecular complexity index is 877.